The van der Waals surface area contributed by atoms with Crippen molar-refractivity contribution < 1.29 is 12.8 Å². The summed E-state index contributed by atoms with van der Waals surface area (Å²) in [5.74, 6) is 3.53. The number of rotatable bonds is 6. The Morgan fingerprint density at radius 1 is 1.45 bits per heavy atom. The largest absolute Gasteiger partial charge is 0.463 e. The molecular formula is C13H22N2O3S2. The Morgan fingerprint density at radius 3 is 2.90 bits per heavy atom. The molecule has 7 heteroatoms. The van der Waals surface area contributed by atoms with Crippen molar-refractivity contribution in [1.82, 2.24) is 10.2 Å². The van der Waals surface area contributed by atoms with E-state index in [-0.39, 0.29) is 11.1 Å². The van der Waals surface area contributed by atoms with Crippen LogP contribution in [0, 0.1) is 0 Å². The Bertz CT molecular complexity index is 527. The molecule has 2 rings (SSSR count). The zero-order valence-electron chi connectivity index (χ0n) is 12.0. The fourth-order valence-electron chi connectivity index (χ4n) is 2.30. The molecular weight excluding hydrogens is 296 g/mol. The lowest BCUT2D eigenvalue weighted by atomic mass is 10.3. The molecule has 1 fully saturated rings. The van der Waals surface area contributed by atoms with Gasteiger partial charge in [0.2, 0.25) is 0 Å². The monoisotopic (exact) mass is 318 g/mol. The third-order valence-corrected chi connectivity index (χ3v) is 6.77. The van der Waals surface area contributed by atoms with Crippen LogP contribution in [0.1, 0.15) is 18.4 Å². The molecule has 1 atom stereocenters. The topological polar surface area (TPSA) is 62.6 Å². The second kappa shape index (κ2) is 6.98. The van der Waals surface area contributed by atoms with Crippen molar-refractivity contribution in [3.63, 3.8) is 0 Å². The van der Waals surface area contributed by atoms with E-state index in [0.717, 1.165) is 23.8 Å². The highest BCUT2D eigenvalue weighted by molar-refractivity contribution is 8.01. The molecule has 1 unspecified atom stereocenters. The first kappa shape index (κ1) is 15.9. The van der Waals surface area contributed by atoms with Crippen LogP contribution in [0.4, 0.5) is 0 Å². The lowest BCUT2D eigenvalue weighted by Gasteiger charge is -2.33. The maximum Gasteiger partial charge on any atom is 0.166 e. The van der Waals surface area contributed by atoms with E-state index in [1.807, 2.05) is 24.1 Å². The van der Waals surface area contributed by atoms with Crippen LogP contribution >= 0.6 is 11.8 Å². The van der Waals surface area contributed by atoms with Gasteiger partial charge in [-0.25, -0.2) is 8.42 Å². The summed E-state index contributed by atoms with van der Waals surface area (Å²) in [7, 11) is -1.17. The minimum absolute atomic E-state index is 0.192. The molecule has 0 aromatic carbocycles. The van der Waals surface area contributed by atoms with Gasteiger partial charge >= 0.3 is 0 Å². The lowest BCUT2D eigenvalue weighted by molar-refractivity contribution is 0.237. The van der Waals surface area contributed by atoms with E-state index in [4.69, 9.17) is 4.42 Å². The second-order valence-corrected chi connectivity index (χ2v) is 8.45. The molecule has 1 saturated heterocycles. The highest BCUT2D eigenvalue weighted by atomic mass is 32.2. The van der Waals surface area contributed by atoms with Gasteiger partial charge in [-0.15, -0.1) is 0 Å². The molecule has 1 aliphatic heterocycles. The molecule has 114 valence electrons. The number of nitrogens with zero attached hydrogens (tertiary/aromatic N) is 1. The molecule has 20 heavy (non-hydrogen) atoms. The van der Waals surface area contributed by atoms with Gasteiger partial charge in [-0.1, -0.05) is 6.92 Å². The first-order valence-electron chi connectivity index (χ1n) is 6.82. The van der Waals surface area contributed by atoms with Crippen LogP contribution in [-0.4, -0.2) is 49.5 Å². The fraction of sp³-hybridized carbons (Fsp3) is 0.692. The zero-order chi connectivity index (χ0) is 14.6. The number of nitrogens with one attached hydrogen (secondary N) is 1. The molecule has 0 radical (unpaired) electrons. The molecule has 1 aromatic rings. The molecule has 0 saturated carbocycles. The van der Waals surface area contributed by atoms with Gasteiger partial charge in [-0.3, -0.25) is 4.90 Å². The lowest BCUT2D eigenvalue weighted by Crippen LogP contribution is -2.47. The summed E-state index contributed by atoms with van der Waals surface area (Å²) in [4.78, 5) is 2.03. The summed E-state index contributed by atoms with van der Waals surface area (Å²) >= 11 is 1.71. The molecule has 1 N–H and O–H groups in total. The third-order valence-electron chi connectivity index (χ3n) is 3.43. The van der Waals surface area contributed by atoms with Gasteiger partial charge in [0.15, 0.2) is 9.84 Å². The van der Waals surface area contributed by atoms with Crippen molar-refractivity contribution >= 4 is 21.6 Å². The summed E-state index contributed by atoms with van der Waals surface area (Å²) in [5, 5.41) is 2.65. The van der Waals surface area contributed by atoms with Gasteiger partial charge in [0, 0.05) is 23.8 Å². The maximum atomic E-state index is 12.2. The van der Waals surface area contributed by atoms with Crippen LogP contribution in [-0.2, 0) is 22.9 Å². The Morgan fingerprint density at radius 2 is 2.20 bits per heavy atom. The summed E-state index contributed by atoms with van der Waals surface area (Å²) < 4.78 is 30.0. The van der Waals surface area contributed by atoms with Crippen LogP contribution in [0.2, 0.25) is 0 Å². The van der Waals surface area contributed by atoms with E-state index >= 15 is 0 Å². The van der Waals surface area contributed by atoms with E-state index in [1.165, 1.54) is 0 Å². The maximum absolute atomic E-state index is 12.2. The molecule has 2 heterocycles. The van der Waals surface area contributed by atoms with Crippen molar-refractivity contribution in [3.05, 3.63) is 23.7 Å². The second-order valence-electron chi connectivity index (χ2n) is 4.85. The Labute approximate surface area is 125 Å². The first-order valence-corrected chi connectivity index (χ1v) is 9.69. The number of sulfone groups is 1. The van der Waals surface area contributed by atoms with Crippen LogP contribution in [0.15, 0.2) is 16.5 Å². The Balaban J connectivity index is 2.08. The van der Waals surface area contributed by atoms with Crippen molar-refractivity contribution in [3.8, 4) is 0 Å². The minimum Gasteiger partial charge on any atom is -0.463 e. The average Bonchev–Trinajstić information content (AvgIpc) is 2.87. The molecule has 5 nitrogen and oxygen atoms in total. The van der Waals surface area contributed by atoms with Crippen LogP contribution in [0.5, 0.6) is 0 Å². The SMILES string of the molecule is CCS(=O)(=O)C1CSCCN1Cc1ccc(CNC)o1. The van der Waals surface area contributed by atoms with E-state index in [0.29, 0.717) is 18.8 Å². The van der Waals surface area contributed by atoms with Gasteiger partial charge in [0.05, 0.1) is 13.1 Å². The summed E-state index contributed by atoms with van der Waals surface area (Å²) in [6.45, 7) is 3.75. The van der Waals surface area contributed by atoms with Crippen molar-refractivity contribution in [2.75, 3.05) is 30.9 Å². The smallest absolute Gasteiger partial charge is 0.166 e. The van der Waals surface area contributed by atoms with Gasteiger partial charge in [-0.05, 0) is 19.2 Å². The average molecular weight is 318 g/mol. The molecule has 1 aromatic heterocycles. The standard InChI is InChI=1S/C13H22N2O3S2/c1-3-20(16,17)13-10-19-7-6-15(13)9-12-5-4-11(18-12)8-14-2/h4-5,13-14H,3,6-10H2,1-2H3. The quantitative estimate of drug-likeness (QED) is 0.853. The van der Waals surface area contributed by atoms with Gasteiger partial charge < -0.3 is 9.73 Å². The molecule has 1 aliphatic rings. The summed E-state index contributed by atoms with van der Waals surface area (Å²) in [6.07, 6.45) is 0. The molecule has 0 amide bonds. The van der Waals surface area contributed by atoms with E-state index in [2.05, 4.69) is 5.32 Å². The van der Waals surface area contributed by atoms with Gasteiger partial charge in [-0.2, -0.15) is 11.8 Å². The summed E-state index contributed by atoms with van der Waals surface area (Å²) in [5.41, 5.74) is 0. The number of thioether (sulfide) groups is 1. The number of hydrogen-bond acceptors (Lipinski definition) is 6. The third kappa shape index (κ3) is 3.78. The van der Waals surface area contributed by atoms with Crippen LogP contribution in [0.3, 0.4) is 0 Å². The Kier molecular flexibility index (Phi) is 5.54. The first-order chi connectivity index (χ1) is 9.56. The van der Waals surface area contributed by atoms with Gasteiger partial charge in [0.1, 0.15) is 16.9 Å². The number of furan rings is 1. The van der Waals surface area contributed by atoms with Crippen molar-refractivity contribution in [1.29, 1.82) is 0 Å². The minimum atomic E-state index is -3.04. The highest BCUT2D eigenvalue weighted by Gasteiger charge is 2.33. The highest BCUT2D eigenvalue weighted by Crippen LogP contribution is 2.24. The molecule has 0 bridgehead atoms. The summed E-state index contributed by atoms with van der Waals surface area (Å²) in [6, 6.07) is 3.87. The molecule has 0 aliphatic carbocycles. The van der Waals surface area contributed by atoms with E-state index in [9.17, 15) is 8.42 Å². The predicted molar refractivity (Wildman–Crippen MR) is 82.5 cm³/mol. The van der Waals surface area contributed by atoms with Crippen LogP contribution in [0.25, 0.3) is 0 Å². The van der Waals surface area contributed by atoms with E-state index in [1.54, 1.807) is 18.7 Å². The van der Waals surface area contributed by atoms with Crippen molar-refractivity contribution in [2.45, 2.75) is 25.4 Å². The van der Waals surface area contributed by atoms with Crippen LogP contribution < -0.4 is 5.32 Å². The Hall–Kier alpha value is -0.500. The normalized spacial score (nSPS) is 21.2. The van der Waals surface area contributed by atoms with Crippen molar-refractivity contribution in [2.24, 2.45) is 0 Å². The fourth-order valence-corrected chi connectivity index (χ4v) is 5.38. The van der Waals surface area contributed by atoms with E-state index < -0.39 is 9.84 Å². The van der Waals surface area contributed by atoms with Gasteiger partial charge in [0.25, 0.3) is 0 Å². The molecule has 0 spiro atoms. The number of hydrogen-bond donors (Lipinski definition) is 1. The predicted octanol–water partition coefficient (Wildman–Crippen LogP) is 1.31. The zero-order valence-corrected chi connectivity index (χ0v) is 13.6.